The van der Waals surface area contributed by atoms with Crippen LogP contribution in [0.25, 0.3) is 0 Å². The summed E-state index contributed by atoms with van der Waals surface area (Å²) in [7, 11) is 1.29. The fourth-order valence-corrected chi connectivity index (χ4v) is 3.03. The highest BCUT2D eigenvalue weighted by Crippen LogP contribution is 2.23. The van der Waals surface area contributed by atoms with Crippen LogP contribution in [0.2, 0.25) is 0 Å². The molecule has 0 aliphatic rings. The van der Waals surface area contributed by atoms with Gasteiger partial charge in [0.2, 0.25) is 5.91 Å². The number of esters is 1. The average molecular weight is 442 g/mol. The second-order valence-electron chi connectivity index (χ2n) is 7.07. The molecule has 0 aromatic heterocycles. The second kappa shape index (κ2) is 12.8. The number of aldehydes is 1. The fourth-order valence-electron chi connectivity index (χ4n) is 3.03. The maximum absolute atomic E-state index is 12.6. The minimum atomic E-state index is -0.627. The van der Waals surface area contributed by atoms with Gasteiger partial charge in [0.05, 0.1) is 30.3 Å². The van der Waals surface area contributed by atoms with Gasteiger partial charge in [0.25, 0.3) is 5.69 Å². The molecule has 0 saturated heterocycles. The van der Waals surface area contributed by atoms with E-state index in [0.29, 0.717) is 44.4 Å². The van der Waals surface area contributed by atoms with Crippen LogP contribution in [0, 0.1) is 10.1 Å². The summed E-state index contributed by atoms with van der Waals surface area (Å²) in [4.78, 5) is 47.0. The van der Waals surface area contributed by atoms with E-state index in [2.05, 4.69) is 0 Å². The van der Waals surface area contributed by atoms with Gasteiger partial charge in [0, 0.05) is 13.0 Å². The zero-order valence-electron chi connectivity index (χ0n) is 17.9. The van der Waals surface area contributed by atoms with E-state index in [-0.39, 0.29) is 30.1 Å². The van der Waals surface area contributed by atoms with E-state index in [0.717, 1.165) is 5.56 Å². The number of carbonyl (C=O) groups is 3. The molecule has 9 nitrogen and oxygen atoms in total. The van der Waals surface area contributed by atoms with Crippen LogP contribution in [0.3, 0.4) is 0 Å². The number of rotatable bonds is 13. The summed E-state index contributed by atoms with van der Waals surface area (Å²) in [5.74, 6) is -0.303. The second-order valence-corrected chi connectivity index (χ2v) is 7.07. The van der Waals surface area contributed by atoms with Crippen molar-refractivity contribution >= 4 is 23.9 Å². The minimum absolute atomic E-state index is 0.00660. The van der Waals surface area contributed by atoms with Crippen LogP contribution in [-0.2, 0) is 20.9 Å². The zero-order valence-corrected chi connectivity index (χ0v) is 17.9. The molecule has 0 aliphatic heterocycles. The van der Waals surface area contributed by atoms with Crippen LogP contribution in [0.4, 0.5) is 5.69 Å². The summed E-state index contributed by atoms with van der Waals surface area (Å²) < 4.78 is 10.2. The molecule has 0 spiro atoms. The predicted octanol–water partition coefficient (Wildman–Crippen LogP) is 3.55. The predicted molar refractivity (Wildman–Crippen MR) is 116 cm³/mol. The minimum Gasteiger partial charge on any atom is -0.493 e. The first-order chi connectivity index (χ1) is 15.4. The Hall–Kier alpha value is -3.75. The zero-order chi connectivity index (χ0) is 23.3. The van der Waals surface area contributed by atoms with Gasteiger partial charge in [-0.1, -0.05) is 30.3 Å². The van der Waals surface area contributed by atoms with Gasteiger partial charge in [-0.05, 0) is 37.0 Å². The fraction of sp³-hybridized carbons (Fsp3) is 0.348. The van der Waals surface area contributed by atoms with Crippen molar-refractivity contribution in [1.29, 1.82) is 0 Å². The number of nitro benzene ring substituents is 1. The molecule has 2 rings (SSSR count). The van der Waals surface area contributed by atoms with E-state index in [1.165, 1.54) is 30.2 Å². The summed E-state index contributed by atoms with van der Waals surface area (Å²) in [5, 5.41) is 11.0. The number of nitro groups is 1. The molecule has 0 N–H and O–H groups in total. The lowest BCUT2D eigenvalue weighted by molar-refractivity contribution is -0.385. The van der Waals surface area contributed by atoms with Crippen LogP contribution in [0.5, 0.6) is 5.75 Å². The Morgan fingerprint density at radius 2 is 1.84 bits per heavy atom. The number of hydrogen-bond acceptors (Lipinski definition) is 7. The number of amides is 1. The van der Waals surface area contributed by atoms with Crippen molar-refractivity contribution in [2.45, 2.75) is 32.2 Å². The van der Waals surface area contributed by atoms with Crippen molar-refractivity contribution in [3.63, 3.8) is 0 Å². The largest absolute Gasteiger partial charge is 0.493 e. The van der Waals surface area contributed by atoms with Gasteiger partial charge in [-0.3, -0.25) is 24.5 Å². The molecule has 170 valence electrons. The van der Waals surface area contributed by atoms with E-state index in [4.69, 9.17) is 9.47 Å². The number of hydrogen-bond donors (Lipinski definition) is 0. The van der Waals surface area contributed by atoms with Crippen molar-refractivity contribution in [2.24, 2.45) is 0 Å². The molecule has 0 saturated carbocycles. The summed E-state index contributed by atoms with van der Waals surface area (Å²) in [6, 6.07) is 13.5. The van der Waals surface area contributed by atoms with Gasteiger partial charge in [-0.25, -0.2) is 0 Å². The highest BCUT2D eigenvalue weighted by molar-refractivity contribution is 5.82. The number of carbonyl (C=O) groups excluding carboxylic acids is 3. The molecule has 0 fully saturated rings. The third-order valence-corrected chi connectivity index (χ3v) is 4.75. The Labute approximate surface area is 186 Å². The lowest BCUT2D eigenvalue weighted by atomic mass is 10.1. The van der Waals surface area contributed by atoms with E-state index in [1.54, 1.807) is 0 Å². The lowest BCUT2D eigenvalue weighted by Gasteiger charge is -2.21. The summed E-state index contributed by atoms with van der Waals surface area (Å²) in [6.45, 7) is 0.540. The molecule has 0 atom stereocenters. The van der Waals surface area contributed by atoms with Gasteiger partial charge in [0.15, 0.2) is 6.29 Å². The molecule has 9 heteroatoms. The van der Waals surface area contributed by atoms with Crippen LogP contribution in [0.1, 0.15) is 41.6 Å². The molecule has 0 radical (unpaired) electrons. The Morgan fingerprint density at radius 3 is 2.50 bits per heavy atom. The van der Waals surface area contributed by atoms with E-state index in [9.17, 15) is 24.5 Å². The monoisotopic (exact) mass is 442 g/mol. The van der Waals surface area contributed by atoms with Crippen molar-refractivity contribution in [3.8, 4) is 5.75 Å². The van der Waals surface area contributed by atoms with Gasteiger partial charge in [-0.15, -0.1) is 0 Å². The molecular formula is C23H26N2O7. The highest BCUT2D eigenvalue weighted by Gasteiger charge is 2.18. The Balaban J connectivity index is 1.78. The number of nitrogens with zero attached hydrogens (tertiary/aromatic N) is 2. The number of benzene rings is 2. The topological polar surface area (TPSA) is 116 Å². The summed E-state index contributed by atoms with van der Waals surface area (Å²) in [6.07, 6.45) is 2.67. The van der Waals surface area contributed by atoms with E-state index < -0.39 is 10.9 Å². The molecule has 0 heterocycles. The first-order valence-corrected chi connectivity index (χ1v) is 10.2. The standard InChI is InChI=1S/C23H26N2O7/c1-31-23(28)16-24(15-18-8-4-2-5-9-18)22(27)10-6-3-7-13-32-20-12-11-19(17-26)21(14-20)25(29)30/h2,4-5,8-9,11-12,14,17H,3,6-7,10,13,15-16H2,1H3. The van der Waals surface area contributed by atoms with Crippen LogP contribution < -0.4 is 4.74 Å². The van der Waals surface area contributed by atoms with Gasteiger partial charge in [0.1, 0.15) is 12.3 Å². The quantitative estimate of drug-likeness (QED) is 0.153. The Bertz CT molecular complexity index is 931. The molecular weight excluding hydrogens is 416 g/mol. The van der Waals surface area contributed by atoms with E-state index >= 15 is 0 Å². The molecule has 1 amide bonds. The first-order valence-electron chi connectivity index (χ1n) is 10.2. The van der Waals surface area contributed by atoms with E-state index in [1.807, 2.05) is 30.3 Å². The number of methoxy groups -OCH3 is 1. The first kappa shape index (κ1) is 24.5. The van der Waals surface area contributed by atoms with Gasteiger partial charge in [-0.2, -0.15) is 0 Å². The van der Waals surface area contributed by atoms with Crippen molar-refractivity contribution < 1.29 is 28.8 Å². The van der Waals surface area contributed by atoms with Gasteiger partial charge < -0.3 is 14.4 Å². The molecule has 2 aromatic rings. The van der Waals surface area contributed by atoms with Crippen LogP contribution in [0.15, 0.2) is 48.5 Å². The number of unbranched alkanes of at least 4 members (excludes halogenated alkanes) is 2. The van der Waals surface area contributed by atoms with Crippen molar-refractivity contribution in [3.05, 3.63) is 69.8 Å². The highest BCUT2D eigenvalue weighted by atomic mass is 16.6. The third kappa shape index (κ3) is 7.82. The van der Waals surface area contributed by atoms with Crippen LogP contribution >= 0.6 is 0 Å². The maximum atomic E-state index is 12.6. The van der Waals surface area contributed by atoms with Gasteiger partial charge >= 0.3 is 5.97 Å². The van der Waals surface area contributed by atoms with Crippen molar-refractivity contribution in [1.82, 2.24) is 4.90 Å². The summed E-state index contributed by atoms with van der Waals surface area (Å²) in [5.41, 5.74) is 0.618. The maximum Gasteiger partial charge on any atom is 0.325 e. The number of ether oxygens (including phenoxy) is 2. The Kier molecular flexibility index (Phi) is 9.83. The Morgan fingerprint density at radius 1 is 1.09 bits per heavy atom. The molecule has 2 aromatic carbocycles. The third-order valence-electron chi connectivity index (χ3n) is 4.75. The summed E-state index contributed by atoms with van der Waals surface area (Å²) >= 11 is 0. The molecule has 0 unspecified atom stereocenters. The smallest absolute Gasteiger partial charge is 0.325 e. The molecule has 0 bridgehead atoms. The van der Waals surface area contributed by atoms with Crippen LogP contribution in [-0.4, -0.2) is 48.2 Å². The van der Waals surface area contributed by atoms with Crippen molar-refractivity contribution in [2.75, 3.05) is 20.3 Å². The molecule has 0 aliphatic carbocycles. The average Bonchev–Trinajstić information content (AvgIpc) is 2.81. The SMILES string of the molecule is COC(=O)CN(Cc1ccccc1)C(=O)CCCCCOc1ccc(C=O)c([N+](=O)[O-])c1. The molecule has 32 heavy (non-hydrogen) atoms. The normalized spacial score (nSPS) is 10.3. The lowest BCUT2D eigenvalue weighted by Crippen LogP contribution is -2.35.